The highest BCUT2D eigenvalue weighted by atomic mass is 16.4. The summed E-state index contributed by atoms with van der Waals surface area (Å²) in [5.41, 5.74) is 5.51. The lowest BCUT2D eigenvalue weighted by Gasteiger charge is -2.24. The van der Waals surface area contributed by atoms with Gasteiger partial charge >= 0.3 is 5.97 Å². The summed E-state index contributed by atoms with van der Waals surface area (Å²) in [7, 11) is 0. The molecule has 0 amide bonds. The van der Waals surface area contributed by atoms with E-state index in [1.807, 2.05) is 6.92 Å². The molecule has 0 aromatic rings. The Bertz CT molecular complexity index is 143. The number of hydrogen-bond acceptors (Lipinski definition) is 2. The van der Waals surface area contributed by atoms with Crippen molar-refractivity contribution < 1.29 is 9.90 Å². The monoisotopic (exact) mass is 173 g/mol. The van der Waals surface area contributed by atoms with Crippen molar-refractivity contribution in [3.8, 4) is 0 Å². The van der Waals surface area contributed by atoms with Gasteiger partial charge in [-0.05, 0) is 11.8 Å². The Morgan fingerprint density at radius 1 is 1.42 bits per heavy atom. The van der Waals surface area contributed by atoms with E-state index in [9.17, 15) is 4.79 Å². The van der Waals surface area contributed by atoms with Crippen LogP contribution >= 0.6 is 0 Å². The number of aliphatic carboxylic acids is 1. The molecule has 1 unspecified atom stereocenters. The van der Waals surface area contributed by atoms with Crippen LogP contribution in [0.3, 0.4) is 0 Å². The molecule has 0 saturated heterocycles. The summed E-state index contributed by atoms with van der Waals surface area (Å²) in [5.74, 6) is -0.400. The van der Waals surface area contributed by atoms with Crippen LogP contribution in [0.1, 0.15) is 33.6 Å². The van der Waals surface area contributed by atoms with Gasteiger partial charge in [-0.15, -0.1) is 0 Å². The van der Waals surface area contributed by atoms with E-state index in [2.05, 4.69) is 13.8 Å². The zero-order valence-corrected chi connectivity index (χ0v) is 8.08. The summed E-state index contributed by atoms with van der Waals surface area (Å²) >= 11 is 0. The third kappa shape index (κ3) is 2.81. The largest absolute Gasteiger partial charge is 0.480 e. The van der Waals surface area contributed by atoms with Crippen LogP contribution in [0.25, 0.3) is 0 Å². The van der Waals surface area contributed by atoms with E-state index < -0.39 is 12.0 Å². The van der Waals surface area contributed by atoms with Crippen LogP contribution in [0, 0.1) is 11.8 Å². The number of rotatable bonds is 5. The van der Waals surface area contributed by atoms with Gasteiger partial charge in [-0.2, -0.15) is 0 Å². The fourth-order valence-electron chi connectivity index (χ4n) is 1.55. The molecule has 0 radical (unpaired) electrons. The second-order valence-electron chi connectivity index (χ2n) is 3.30. The van der Waals surface area contributed by atoms with E-state index in [1.165, 1.54) is 0 Å². The number of carboxylic acid groups (broad SMARTS) is 1. The molecule has 2 atom stereocenters. The van der Waals surface area contributed by atoms with Crippen LogP contribution in [0.4, 0.5) is 0 Å². The molecule has 72 valence electrons. The molecule has 0 bridgehead atoms. The zero-order chi connectivity index (χ0) is 9.72. The molecule has 3 N–H and O–H groups in total. The van der Waals surface area contributed by atoms with Gasteiger partial charge in [-0.25, -0.2) is 0 Å². The Morgan fingerprint density at radius 3 is 2.08 bits per heavy atom. The van der Waals surface area contributed by atoms with Crippen molar-refractivity contribution in [2.75, 3.05) is 0 Å². The van der Waals surface area contributed by atoms with E-state index in [4.69, 9.17) is 10.8 Å². The zero-order valence-electron chi connectivity index (χ0n) is 8.08. The van der Waals surface area contributed by atoms with Crippen LogP contribution in [0.15, 0.2) is 0 Å². The highest BCUT2D eigenvalue weighted by Crippen LogP contribution is 2.21. The Hall–Kier alpha value is -0.570. The minimum absolute atomic E-state index is 0.0671. The summed E-state index contributed by atoms with van der Waals surface area (Å²) in [6.07, 6.45) is 2.00. The molecule has 0 aliphatic rings. The summed E-state index contributed by atoms with van der Waals surface area (Å²) in [6.45, 7) is 6.05. The first-order valence-corrected chi connectivity index (χ1v) is 4.52. The second kappa shape index (κ2) is 5.14. The Morgan fingerprint density at radius 2 is 1.83 bits per heavy atom. The van der Waals surface area contributed by atoms with Crippen LogP contribution in [-0.4, -0.2) is 17.1 Å². The number of nitrogens with two attached hydrogens (primary N) is 1. The molecule has 0 aromatic carbocycles. The molecule has 0 aromatic heterocycles. The Labute approximate surface area is 74.0 Å². The second-order valence-corrected chi connectivity index (χ2v) is 3.30. The SMILES string of the molecule is CCC(CC)C(C)[C@H](N)C(=O)O. The summed E-state index contributed by atoms with van der Waals surface area (Å²) in [6, 6.07) is -0.713. The minimum atomic E-state index is -0.894. The molecule has 0 spiro atoms. The van der Waals surface area contributed by atoms with Crippen molar-refractivity contribution >= 4 is 5.97 Å². The molecule has 0 aliphatic carbocycles. The first-order chi connectivity index (χ1) is 5.54. The van der Waals surface area contributed by atoms with E-state index in [0.29, 0.717) is 5.92 Å². The molecule has 0 heterocycles. The lowest BCUT2D eigenvalue weighted by molar-refractivity contribution is -0.140. The fourth-order valence-corrected chi connectivity index (χ4v) is 1.55. The lowest BCUT2D eigenvalue weighted by Crippen LogP contribution is -2.39. The van der Waals surface area contributed by atoms with Crippen LogP contribution in [0.2, 0.25) is 0 Å². The van der Waals surface area contributed by atoms with Crippen molar-refractivity contribution in [3.63, 3.8) is 0 Å². The van der Waals surface area contributed by atoms with Crippen molar-refractivity contribution in [2.45, 2.75) is 39.7 Å². The molecule has 0 rings (SSSR count). The highest BCUT2D eigenvalue weighted by Gasteiger charge is 2.25. The number of hydrogen-bond donors (Lipinski definition) is 2. The summed E-state index contributed by atoms with van der Waals surface area (Å²) in [5, 5.41) is 8.67. The molecule has 12 heavy (non-hydrogen) atoms. The van der Waals surface area contributed by atoms with Crippen molar-refractivity contribution in [1.29, 1.82) is 0 Å². The van der Waals surface area contributed by atoms with Gasteiger partial charge in [-0.1, -0.05) is 33.6 Å². The maximum atomic E-state index is 10.6. The maximum absolute atomic E-state index is 10.6. The average Bonchev–Trinajstić information content (AvgIpc) is 2.05. The first kappa shape index (κ1) is 11.4. The lowest BCUT2D eigenvalue weighted by atomic mass is 9.84. The Kier molecular flexibility index (Phi) is 4.90. The molecular formula is C9H19NO2. The standard InChI is InChI=1S/C9H19NO2/c1-4-7(5-2)6(3)8(10)9(11)12/h6-8H,4-5,10H2,1-3H3,(H,11,12)/t6?,8-/m0/s1. The number of carboxylic acids is 1. The van der Waals surface area contributed by atoms with Crippen molar-refractivity contribution in [1.82, 2.24) is 0 Å². The summed E-state index contributed by atoms with van der Waals surface area (Å²) in [4.78, 5) is 10.6. The quantitative estimate of drug-likeness (QED) is 0.661. The number of carbonyl (C=O) groups is 1. The van der Waals surface area contributed by atoms with Gasteiger partial charge in [0.1, 0.15) is 6.04 Å². The van der Waals surface area contributed by atoms with Gasteiger partial charge in [-0.3, -0.25) is 4.79 Å². The van der Waals surface area contributed by atoms with Crippen LogP contribution < -0.4 is 5.73 Å². The van der Waals surface area contributed by atoms with Gasteiger partial charge in [0.15, 0.2) is 0 Å². The first-order valence-electron chi connectivity index (χ1n) is 4.52. The average molecular weight is 173 g/mol. The molecule has 0 fully saturated rings. The van der Waals surface area contributed by atoms with Gasteiger partial charge in [0, 0.05) is 0 Å². The van der Waals surface area contributed by atoms with Crippen molar-refractivity contribution in [2.24, 2.45) is 17.6 Å². The minimum Gasteiger partial charge on any atom is -0.480 e. The van der Waals surface area contributed by atoms with Crippen LogP contribution in [-0.2, 0) is 4.79 Å². The van der Waals surface area contributed by atoms with Gasteiger partial charge in [0.05, 0.1) is 0 Å². The summed E-state index contributed by atoms with van der Waals surface area (Å²) < 4.78 is 0. The van der Waals surface area contributed by atoms with Crippen molar-refractivity contribution in [3.05, 3.63) is 0 Å². The predicted octanol–water partition coefficient (Wildman–Crippen LogP) is 1.47. The van der Waals surface area contributed by atoms with E-state index in [-0.39, 0.29) is 5.92 Å². The fraction of sp³-hybridized carbons (Fsp3) is 0.889. The third-order valence-corrected chi connectivity index (χ3v) is 2.64. The topological polar surface area (TPSA) is 63.3 Å². The van der Waals surface area contributed by atoms with E-state index in [1.54, 1.807) is 0 Å². The molecule has 0 aliphatic heterocycles. The molecule has 0 saturated carbocycles. The molecule has 3 heteroatoms. The van der Waals surface area contributed by atoms with E-state index in [0.717, 1.165) is 12.8 Å². The van der Waals surface area contributed by atoms with Gasteiger partial charge in [0.2, 0.25) is 0 Å². The van der Waals surface area contributed by atoms with Gasteiger partial charge < -0.3 is 10.8 Å². The highest BCUT2D eigenvalue weighted by molar-refractivity contribution is 5.73. The van der Waals surface area contributed by atoms with E-state index >= 15 is 0 Å². The smallest absolute Gasteiger partial charge is 0.320 e. The maximum Gasteiger partial charge on any atom is 0.320 e. The third-order valence-electron chi connectivity index (χ3n) is 2.64. The predicted molar refractivity (Wildman–Crippen MR) is 48.8 cm³/mol. The van der Waals surface area contributed by atoms with Crippen LogP contribution in [0.5, 0.6) is 0 Å². The molecule has 3 nitrogen and oxygen atoms in total. The molecular weight excluding hydrogens is 154 g/mol. The normalized spacial score (nSPS) is 16.1. The Balaban J connectivity index is 4.14. The van der Waals surface area contributed by atoms with Gasteiger partial charge in [0.25, 0.3) is 0 Å².